The van der Waals surface area contributed by atoms with E-state index in [4.69, 9.17) is 12.8 Å². The van der Waals surface area contributed by atoms with E-state index in [1.54, 1.807) is 4.40 Å². The molecule has 2 radical (unpaired) electrons. The molecule has 0 aliphatic rings. The first-order chi connectivity index (χ1) is 20.6. The van der Waals surface area contributed by atoms with E-state index in [1.165, 1.54) is 16.2 Å². The van der Waals surface area contributed by atoms with Crippen molar-refractivity contribution in [3.05, 3.63) is 138 Å². The lowest BCUT2D eigenvalue weighted by Crippen LogP contribution is -2.15. The van der Waals surface area contributed by atoms with E-state index >= 15 is 0 Å². The first-order valence-corrected chi connectivity index (χ1v) is 14.1. The molecule has 192 valence electrons. The van der Waals surface area contributed by atoms with Crippen LogP contribution in [0, 0.1) is 0 Å². The number of rotatable bonds is 2. The average molecular weight is 532 g/mol. The van der Waals surface area contributed by atoms with Gasteiger partial charge in [-0.2, -0.15) is 0 Å². The molecule has 0 unspecified atom stereocenters. The van der Waals surface area contributed by atoms with Crippen LogP contribution in [0.15, 0.2) is 132 Å². The minimum Gasteiger partial charge on any atom is -0.268 e. The molecule has 0 atom stereocenters. The fraction of sp³-hybridized carbons (Fsp3) is 0. The highest BCUT2D eigenvalue weighted by Gasteiger charge is 2.20. The number of hydrogen-bond donors (Lipinski definition) is 0. The molecule has 0 amide bonds. The number of benzene rings is 7. The Morgan fingerprint density at radius 3 is 1.98 bits per heavy atom. The van der Waals surface area contributed by atoms with Gasteiger partial charge in [0.05, 0.1) is 11.0 Å². The van der Waals surface area contributed by atoms with Crippen LogP contribution in [0.1, 0.15) is 0 Å². The second-order valence-electron chi connectivity index (χ2n) is 11.0. The molecule has 0 aliphatic carbocycles. The van der Waals surface area contributed by atoms with Crippen molar-refractivity contribution < 1.29 is 0 Å². The molecule has 0 spiro atoms. The molecule has 9 aromatic rings. The number of imidazole rings is 1. The highest BCUT2D eigenvalue weighted by atomic mass is 16.1. The maximum atomic E-state index is 14.3. The molecule has 2 aromatic heterocycles. The van der Waals surface area contributed by atoms with Gasteiger partial charge in [-0.1, -0.05) is 103 Å². The van der Waals surface area contributed by atoms with Gasteiger partial charge in [0.15, 0.2) is 0 Å². The van der Waals surface area contributed by atoms with E-state index in [-0.39, 0.29) is 5.56 Å². The van der Waals surface area contributed by atoms with Crippen LogP contribution >= 0.6 is 0 Å². The number of pyridine rings is 1. The zero-order valence-electron chi connectivity index (χ0n) is 22.5. The molecular formula is C38H21BN2O. The van der Waals surface area contributed by atoms with Gasteiger partial charge in [0.1, 0.15) is 13.5 Å². The number of aromatic nitrogens is 2. The number of nitrogens with zero attached hydrogens (tertiary/aromatic N) is 2. The van der Waals surface area contributed by atoms with Gasteiger partial charge in [-0.3, -0.25) is 9.20 Å². The van der Waals surface area contributed by atoms with Crippen molar-refractivity contribution in [1.29, 1.82) is 0 Å². The quantitative estimate of drug-likeness (QED) is 0.211. The molecule has 7 aromatic carbocycles. The normalized spacial score (nSPS) is 12.0. The number of hydrogen-bond acceptors (Lipinski definition) is 2. The summed E-state index contributed by atoms with van der Waals surface area (Å²) in [6.07, 6.45) is 0. The van der Waals surface area contributed by atoms with E-state index in [1.807, 2.05) is 30.3 Å². The third-order valence-electron chi connectivity index (χ3n) is 8.64. The zero-order chi connectivity index (χ0) is 27.9. The standard InChI is InChI=1S/C38H21BN2O/c39-33-17-16-30-35-29(33)10-5-11-31(35)38(42)41-36-32(27-15-13-23-7-2-4-9-25(23)19-27)20-28(21-34(36)40-37(30)41)26-14-12-22-6-1-3-8-24(22)18-26/h1-21H. The maximum Gasteiger partial charge on any atom is 0.264 e. The van der Waals surface area contributed by atoms with Crippen molar-refractivity contribution in [2.75, 3.05) is 0 Å². The van der Waals surface area contributed by atoms with Crippen LogP contribution in [-0.2, 0) is 0 Å². The SMILES string of the molecule is [B]c1ccc2c3c1cccc3c(=O)n1c2nc2cc(-c3ccc4ccccc4c3)cc(-c3ccc4ccccc4c3)c21. The van der Waals surface area contributed by atoms with Gasteiger partial charge in [-0.25, -0.2) is 4.98 Å². The van der Waals surface area contributed by atoms with Crippen molar-refractivity contribution in [3.8, 4) is 22.3 Å². The van der Waals surface area contributed by atoms with Crippen molar-refractivity contribution in [3.63, 3.8) is 0 Å². The van der Waals surface area contributed by atoms with Gasteiger partial charge in [0.25, 0.3) is 5.56 Å². The highest BCUT2D eigenvalue weighted by molar-refractivity contribution is 6.41. The molecule has 9 rings (SSSR count). The molecule has 0 bridgehead atoms. The maximum absolute atomic E-state index is 14.3. The average Bonchev–Trinajstić information content (AvgIpc) is 3.43. The summed E-state index contributed by atoms with van der Waals surface area (Å²) in [4.78, 5) is 19.4. The van der Waals surface area contributed by atoms with Crippen molar-refractivity contribution >= 4 is 73.1 Å². The Labute approximate surface area is 242 Å². The fourth-order valence-electron chi connectivity index (χ4n) is 6.61. The minimum absolute atomic E-state index is 0.0864. The highest BCUT2D eigenvalue weighted by Crippen LogP contribution is 2.38. The van der Waals surface area contributed by atoms with Gasteiger partial charge in [-0.15, -0.1) is 0 Å². The van der Waals surface area contributed by atoms with Crippen LogP contribution in [0.25, 0.3) is 82.0 Å². The first-order valence-electron chi connectivity index (χ1n) is 14.1. The van der Waals surface area contributed by atoms with Gasteiger partial charge >= 0.3 is 0 Å². The Balaban J connectivity index is 1.45. The van der Waals surface area contributed by atoms with Gasteiger partial charge in [0, 0.05) is 21.7 Å². The Hall–Kier alpha value is -5.48. The lowest BCUT2D eigenvalue weighted by molar-refractivity contribution is 1.19. The summed E-state index contributed by atoms with van der Waals surface area (Å²) in [6, 6.07) is 43.8. The molecule has 0 aliphatic heterocycles. The molecule has 2 heterocycles. The fourth-order valence-corrected chi connectivity index (χ4v) is 6.61. The Bertz CT molecular complexity index is 2620. The predicted molar refractivity (Wildman–Crippen MR) is 176 cm³/mol. The van der Waals surface area contributed by atoms with Crippen molar-refractivity contribution in [2.24, 2.45) is 0 Å². The minimum atomic E-state index is -0.0864. The van der Waals surface area contributed by atoms with Gasteiger partial charge in [0.2, 0.25) is 0 Å². The van der Waals surface area contributed by atoms with Crippen LogP contribution in [0.2, 0.25) is 0 Å². The Kier molecular flexibility index (Phi) is 4.71. The lowest BCUT2D eigenvalue weighted by atomic mass is 9.88. The summed E-state index contributed by atoms with van der Waals surface area (Å²) in [5.41, 5.74) is 6.99. The molecule has 0 fully saturated rings. The first kappa shape index (κ1) is 23.3. The lowest BCUT2D eigenvalue weighted by Gasteiger charge is -2.12. The Morgan fingerprint density at radius 1 is 0.548 bits per heavy atom. The molecule has 0 saturated heterocycles. The monoisotopic (exact) mass is 532 g/mol. The molecule has 0 saturated carbocycles. The van der Waals surface area contributed by atoms with E-state index in [9.17, 15) is 4.79 Å². The van der Waals surface area contributed by atoms with Crippen molar-refractivity contribution in [1.82, 2.24) is 9.38 Å². The third kappa shape index (κ3) is 3.23. The second-order valence-corrected chi connectivity index (χ2v) is 11.0. The van der Waals surface area contributed by atoms with Crippen LogP contribution in [0.4, 0.5) is 0 Å². The summed E-state index contributed by atoms with van der Waals surface area (Å²) < 4.78 is 1.80. The summed E-state index contributed by atoms with van der Waals surface area (Å²) in [5, 5.41) is 8.01. The van der Waals surface area contributed by atoms with E-state index in [0.717, 1.165) is 54.8 Å². The molecule has 42 heavy (non-hydrogen) atoms. The van der Waals surface area contributed by atoms with Crippen LogP contribution in [0.3, 0.4) is 0 Å². The summed E-state index contributed by atoms with van der Waals surface area (Å²) in [7, 11) is 6.34. The van der Waals surface area contributed by atoms with E-state index < -0.39 is 0 Å². The van der Waals surface area contributed by atoms with Gasteiger partial charge in [-0.05, 0) is 74.0 Å². The summed E-state index contributed by atoms with van der Waals surface area (Å²) >= 11 is 0. The summed E-state index contributed by atoms with van der Waals surface area (Å²) in [6.45, 7) is 0. The summed E-state index contributed by atoms with van der Waals surface area (Å²) in [5.74, 6) is 0. The molecule has 0 N–H and O–H groups in total. The largest absolute Gasteiger partial charge is 0.268 e. The topological polar surface area (TPSA) is 34.4 Å². The van der Waals surface area contributed by atoms with Gasteiger partial charge < -0.3 is 0 Å². The molecule has 3 nitrogen and oxygen atoms in total. The second kappa shape index (κ2) is 8.51. The Morgan fingerprint density at radius 2 is 1.21 bits per heavy atom. The van der Waals surface area contributed by atoms with Crippen LogP contribution in [-0.4, -0.2) is 17.2 Å². The third-order valence-corrected chi connectivity index (χ3v) is 8.64. The molecular weight excluding hydrogens is 511 g/mol. The smallest absolute Gasteiger partial charge is 0.264 e. The number of fused-ring (bicyclic) bond motifs is 6. The van der Waals surface area contributed by atoms with E-state index in [0.29, 0.717) is 16.5 Å². The van der Waals surface area contributed by atoms with Crippen LogP contribution in [0.5, 0.6) is 0 Å². The van der Waals surface area contributed by atoms with Crippen LogP contribution < -0.4 is 11.0 Å². The predicted octanol–water partition coefficient (Wildman–Crippen LogP) is 8.03. The zero-order valence-corrected chi connectivity index (χ0v) is 22.5. The molecule has 4 heteroatoms. The van der Waals surface area contributed by atoms with Crippen molar-refractivity contribution in [2.45, 2.75) is 0 Å². The van der Waals surface area contributed by atoms with E-state index in [2.05, 4.69) is 97.1 Å².